The van der Waals surface area contributed by atoms with Crippen molar-refractivity contribution in [3.63, 3.8) is 0 Å². The second-order valence-corrected chi connectivity index (χ2v) is 7.48. The molecule has 0 radical (unpaired) electrons. The first-order valence-corrected chi connectivity index (χ1v) is 8.27. The molecule has 1 aromatic rings. The van der Waals surface area contributed by atoms with Gasteiger partial charge in [-0.15, -0.1) is 0 Å². The highest BCUT2D eigenvalue weighted by molar-refractivity contribution is 6.17. The highest BCUT2D eigenvalue weighted by Gasteiger charge is 2.62. The zero-order valence-electron chi connectivity index (χ0n) is 12.8. The zero-order chi connectivity index (χ0) is 14.8. The first-order chi connectivity index (χ1) is 10.1. The van der Waals surface area contributed by atoms with Gasteiger partial charge in [-0.2, -0.15) is 0 Å². The van der Waals surface area contributed by atoms with E-state index in [2.05, 4.69) is 13.8 Å². The molecule has 0 N–H and O–H groups in total. The van der Waals surface area contributed by atoms with Gasteiger partial charge in [0.15, 0.2) is 11.6 Å². The number of carbonyl (C=O) groups excluding carboxylic acids is 2. The molecule has 0 spiro atoms. The van der Waals surface area contributed by atoms with Crippen molar-refractivity contribution in [2.45, 2.75) is 46.0 Å². The summed E-state index contributed by atoms with van der Waals surface area (Å²) in [4.78, 5) is 26.2. The summed E-state index contributed by atoms with van der Waals surface area (Å²) in [6.07, 6.45) is 5.20. The van der Waals surface area contributed by atoms with Crippen molar-refractivity contribution in [3.8, 4) is 0 Å². The second kappa shape index (κ2) is 4.28. The first kappa shape index (κ1) is 13.2. The second-order valence-electron chi connectivity index (χ2n) is 7.48. The van der Waals surface area contributed by atoms with Crippen LogP contribution in [0.25, 0.3) is 0 Å². The van der Waals surface area contributed by atoms with Crippen molar-refractivity contribution in [3.05, 3.63) is 34.9 Å². The van der Waals surface area contributed by atoms with Crippen LogP contribution in [0.1, 0.15) is 65.8 Å². The van der Waals surface area contributed by atoms with Crippen molar-refractivity contribution in [2.24, 2.45) is 23.2 Å². The van der Waals surface area contributed by atoms with Crippen molar-refractivity contribution in [1.29, 1.82) is 0 Å². The molecular weight excluding hydrogens is 260 g/mol. The van der Waals surface area contributed by atoms with Gasteiger partial charge in [0.25, 0.3) is 0 Å². The fraction of sp³-hybridized carbons (Fsp3) is 0.579. The fourth-order valence-corrected chi connectivity index (χ4v) is 5.37. The van der Waals surface area contributed by atoms with E-state index in [1.165, 1.54) is 0 Å². The molecule has 1 aromatic carbocycles. The van der Waals surface area contributed by atoms with E-state index in [1.807, 2.05) is 18.2 Å². The van der Waals surface area contributed by atoms with Crippen LogP contribution in [0, 0.1) is 23.2 Å². The van der Waals surface area contributed by atoms with Crippen LogP contribution in [0.5, 0.6) is 0 Å². The van der Waals surface area contributed by atoms with Gasteiger partial charge in [-0.25, -0.2) is 0 Å². The summed E-state index contributed by atoms with van der Waals surface area (Å²) >= 11 is 0. The molecule has 0 aromatic heterocycles. The smallest absolute Gasteiger partial charge is 0.167 e. The van der Waals surface area contributed by atoms with E-state index in [0.717, 1.165) is 43.2 Å². The average molecular weight is 282 g/mol. The Morgan fingerprint density at radius 2 is 2.05 bits per heavy atom. The predicted molar refractivity (Wildman–Crippen MR) is 81.5 cm³/mol. The molecule has 2 saturated carbocycles. The van der Waals surface area contributed by atoms with Crippen LogP contribution in [0.2, 0.25) is 0 Å². The Labute approximate surface area is 125 Å². The lowest BCUT2D eigenvalue weighted by atomic mass is 9.62. The van der Waals surface area contributed by atoms with Crippen molar-refractivity contribution < 1.29 is 9.59 Å². The van der Waals surface area contributed by atoms with Gasteiger partial charge >= 0.3 is 0 Å². The van der Waals surface area contributed by atoms with E-state index in [0.29, 0.717) is 11.5 Å². The van der Waals surface area contributed by atoms with Gasteiger partial charge in [-0.3, -0.25) is 9.59 Å². The lowest BCUT2D eigenvalue weighted by Crippen LogP contribution is -2.44. The van der Waals surface area contributed by atoms with Crippen molar-refractivity contribution >= 4 is 11.6 Å². The van der Waals surface area contributed by atoms with E-state index in [1.54, 1.807) is 0 Å². The maximum absolute atomic E-state index is 13.1. The van der Waals surface area contributed by atoms with Crippen LogP contribution in [0.4, 0.5) is 0 Å². The largest absolute Gasteiger partial charge is 0.294 e. The van der Waals surface area contributed by atoms with E-state index < -0.39 is 0 Å². The molecular formula is C19H22O2. The standard InChI is InChI=1S/C19H22O2/c1-3-5-11-6-4-7-13-14(11)18(21)15-12-8-9-19(2,10-12)16(15)17(13)20/h4,6-7,12,15-16H,3,5,8-10H2,1-2H3. The van der Waals surface area contributed by atoms with Gasteiger partial charge in [0.1, 0.15) is 0 Å². The monoisotopic (exact) mass is 282 g/mol. The summed E-state index contributed by atoms with van der Waals surface area (Å²) in [5, 5.41) is 0. The summed E-state index contributed by atoms with van der Waals surface area (Å²) < 4.78 is 0. The van der Waals surface area contributed by atoms with Crippen LogP contribution in [0.15, 0.2) is 18.2 Å². The number of aryl methyl sites for hydroxylation is 1. The van der Waals surface area contributed by atoms with Crippen LogP contribution in [0.3, 0.4) is 0 Å². The highest BCUT2D eigenvalue weighted by Crippen LogP contribution is 2.63. The molecule has 2 fully saturated rings. The van der Waals surface area contributed by atoms with E-state index in [9.17, 15) is 9.59 Å². The Morgan fingerprint density at radius 1 is 1.24 bits per heavy atom. The molecule has 2 bridgehead atoms. The molecule has 0 aliphatic heterocycles. The summed E-state index contributed by atoms with van der Waals surface area (Å²) in [5.74, 6) is 0.887. The van der Waals surface area contributed by atoms with Crippen molar-refractivity contribution in [2.75, 3.05) is 0 Å². The number of fused-ring (bicyclic) bond motifs is 6. The SMILES string of the molecule is CCCc1cccc2c1C(=O)C1C3CCC(C)(C3)C1C2=O. The number of Topliss-reactive ketones (excluding diaryl/α,β-unsaturated/α-hetero) is 2. The molecule has 21 heavy (non-hydrogen) atoms. The minimum absolute atomic E-state index is 0.0262. The number of ketones is 2. The summed E-state index contributed by atoms with van der Waals surface area (Å²) in [5.41, 5.74) is 2.63. The lowest BCUT2D eigenvalue weighted by Gasteiger charge is -2.39. The van der Waals surface area contributed by atoms with Gasteiger partial charge in [0.2, 0.25) is 0 Å². The molecule has 0 amide bonds. The summed E-state index contributed by atoms with van der Waals surface area (Å²) in [7, 11) is 0. The van der Waals surface area contributed by atoms with Gasteiger partial charge in [0, 0.05) is 23.0 Å². The molecule has 4 rings (SSSR count). The molecule has 2 heteroatoms. The van der Waals surface area contributed by atoms with Gasteiger partial charge in [-0.1, -0.05) is 38.5 Å². The Morgan fingerprint density at radius 3 is 2.81 bits per heavy atom. The van der Waals surface area contributed by atoms with Crippen LogP contribution in [-0.4, -0.2) is 11.6 Å². The number of hydrogen-bond acceptors (Lipinski definition) is 2. The molecule has 0 heterocycles. The number of carbonyl (C=O) groups is 2. The van der Waals surface area contributed by atoms with Crippen LogP contribution < -0.4 is 0 Å². The third-order valence-corrected chi connectivity index (χ3v) is 6.20. The van der Waals surface area contributed by atoms with E-state index in [-0.39, 0.29) is 28.8 Å². The lowest BCUT2D eigenvalue weighted by molar-refractivity contribution is 0.0572. The van der Waals surface area contributed by atoms with Gasteiger partial charge < -0.3 is 0 Å². The number of rotatable bonds is 2. The van der Waals surface area contributed by atoms with Gasteiger partial charge in [-0.05, 0) is 42.6 Å². The van der Waals surface area contributed by atoms with Crippen molar-refractivity contribution in [1.82, 2.24) is 0 Å². The third-order valence-electron chi connectivity index (χ3n) is 6.20. The fourth-order valence-electron chi connectivity index (χ4n) is 5.37. The molecule has 4 atom stereocenters. The van der Waals surface area contributed by atoms with E-state index >= 15 is 0 Å². The average Bonchev–Trinajstić information content (AvgIpc) is 2.98. The maximum atomic E-state index is 13.1. The molecule has 4 unspecified atom stereocenters. The van der Waals surface area contributed by atoms with Crippen LogP contribution in [-0.2, 0) is 6.42 Å². The Balaban J connectivity index is 1.89. The van der Waals surface area contributed by atoms with Crippen LogP contribution >= 0.6 is 0 Å². The number of benzene rings is 1. The van der Waals surface area contributed by atoms with E-state index in [4.69, 9.17) is 0 Å². The normalized spacial score (nSPS) is 36.8. The minimum Gasteiger partial charge on any atom is -0.294 e. The minimum atomic E-state index is -0.0480. The Bertz CT molecular complexity index is 645. The maximum Gasteiger partial charge on any atom is 0.167 e. The number of hydrogen-bond donors (Lipinski definition) is 0. The molecule has 0 saturated heterocycles. The Kier molecular flexibility index (Phi) is 2.70. The molecule has 3 aliphatic rings. The zero-order valence-corrected chi connectivity index (χ0v) is 12.8. The first-order valence-electron chi connectivity index (χ1n) is 8.27. The summed E-state index contributed by atoms with van der Waals surface area (Å²) in [6, 6.07) is 5.86. The quantitative estimate of drug-likeness (QED) is 0.819. The summed E-state index contributed by atoms with van der Waals surface area (Å²) in [6.45, 7) is 4.35. The topological polar surface area (TPSA) is 34.1 Å². The molecule has 2 nitrogen and oxygen atoms in total. The third kappa shape index (κ3) is 1.59. The predicted octanol–water partition coefficient (Wildman–Crippen LogP) is 4.07. The molecule has 110 valence electrons. The van der Waals surface area contributed by atoms with Gasteiger partial charge in [0.05, 0.1) is 0 Å². The molecule has 3 aliphatic carbocycles. The Hall–Kier alpha value is -1.44. The highest BCUT2D eigenvalue weighted by atomic mass is 16.1.